The van der Waals surface area contributed by atoms with Gasteiger partial charge in [-0.2, -0.15) is 9.65 Å². The standard InChI is InChI=1S/C28H19F2N5O5S/c1-35-9-8-32-26(35)18-11-17(41-23-7-3-16(13-33-23)28(37)38)4-6-21(18)39-25-19(29)14-34-27(24(25)30)40-22-10-15(12-31)2-5-20(22)36/h2-7,10-11,13-14,36H,8-9H2,1H3,(H,37,38). The maximum absolute atomic E-state index is 15.5. The Balaban J connectivity index is 1.48. The molecule has 0 radical (unpaired) electrons. The number of benzene rings is 2. The molecule has 0 atom stereocenters. The summed E-state index contributed by atoms with van der Waals surface area (Å²) in [5.74, 6) is -4.90. The molecule has 0 fully saturated rings. The molecule has 3 heterocycles. The number of halogens is 2. The second-order valence-corrected chi connectivity index (χ2v) is 9.72. The quantitative estimate of drug-likeness (QED) is 0.278. The van der Waals surface area contributed by atoms with Crippen molar-refractivity contribution < 1.29 is 33.3 Å². The molecule has 0 saturated carbocycles. The number of amidine groups is 1. The molecule has 0 saturated heterocycles. The minimum atomic E-state index is -1.26. The van der Waals surface area contributed by atoms with Crippen molar-refractivity contribution in [2.45, 2.75) is 9.92 Å². The average molecular weight is 576 g/mol. The molecular weight excluding hydrogens is 556 g/mol. The first-order valence-electron chi connectivity index (χ1n) is 11.9. The average Bonchev–Trinajstić information content (AvgIpc) is 3.40. The Morgan fingerprint density at radius 2 is 1.90 bits per heavy atom. The maximum Gasteiger partial charge on any atom is 0.337 e. The highest BCUT2D eigenvalue weighted by molar-refractivity contribution is 7.99. The summed E-state index contributed by atoms with van der Waals surface area (Å²) in [6.07, 6.45) is 1.97. The molecule has 0 amide bonds. The normalized spacial score (nSPS) is 12.5. The number of hydrogen-bond donors (Lipinski definition) is 2. The lowest BCUT2D eigenvalue weighted by atomic mass is 10.1. The number of phenolic OH excluding ortho intramolecular Hbond substituents is 1. The second-order valence-electron chi connectivity index (χ2n) is 8.63. The molecule has 2 aromatic carbocycles. The fourth-order valence-corrected chi connectivity index (χ4v) is 4.62. The van der Waals surface area contributed by atoms with Crippen molar-refractivity contribution in [1.29, 1.82) is 5.26 Å². The van der Waals surface area contributed by atoms with Crippen LogP contribution in [0.2, 0.25) is 0 Å². The Labute approximate surface area is 236 Å². The van der Waals surface area contributed by atoms with Crippen molar-refractivity contribution >= 4 is 23.6 Å². The zero-order valence-electron chi connectivity index (χ0n) is 21.2. The summed E-state index contributed by atoms with van der Waals surface area (Å²) < 4.78 is 41.4. The summed E-state index contributed by atoms with van der Waals surface area (Å²) in [6.45, 7) is 1.15. The van der Waals surface area contributed by atoms with Crippen LogP contribution in [0.3, 0.4) is 0 Å². The lowest BCUT2D eigenvalue weighted by Gasteiger charge is -2.19. The number of phenols is 1. The minimum absolute atomic E-state index is 0.0541. The molecule has 2 aromatic heterocycles. The number of carboxylic acid groups (broad SMARTS) is 1. The molecule has 5 rings (SSSR count). The van der Waals surface area contributed by atoms with E-state index in [2.05, 4.69) is 15.0 Å². The molecule has 0 aliphatic carbocycles. The van der Waals surface area contributed by atoms with Crippen LogP contribution in [0.15, 0.2) is 75.8 Å². The predicted octanol–water partition coefficient (Wildman–Crippen LogP) is 5.46. The van der Waals surface area contributed by atoms with E-state index in [1.165, 1.54) is 48.3 Å². The van der Waals surface area contributed by atoms with E-state index < -0.39 is 29.2 Å². The summed E-state index contributed by atoms with van der Waals surface area (Å²) in [4.78, 5) is 26.0. The van der Waals surface area contributed by atoms with E-state index in [-0.39, 0.29) is 28.4 Å². The summed E-state index contributed by atoms with van der Waals surface area (Å²) in [5, 5.41) is 28.8. The van der Waals surface area contributed by atoms with Crippen LogP contribution in [0.4, 0.5) is 8.78 Å². The van der Waals surface area contributed by atoms with E-state index in [4.69, 9.17) is 19.8 Å². The van der Waals surface area contributed by atoms with Gasteiger partial charge in [-0.05, 0) is 42.5 Å². The van der Waals surface area contributed by atoms with Gasteiger partial charge in [0, 0.05) is 30.8 Å². The summed E-state index contributed by atoms with van der Waals surface area (Å²) in [5.41, 5.74) is 0.655. The van der Waals surface area contributed by atoms with Gasteiger partial charge in [0.1, 0.15) is 16.6 Å². The summed E-state index contributed by atoms with van der Waals surface area (Å²) >= 11 is 1.25. The van der Waals surface area contributed by atoms with Gasteiger partial charge in [-0.1, -0.05) is 11.8 Å². The number of carboxylic acids is 1. The van der Waals surface area contributed by atoms with Crippen LogP contribution >= 0.6 is 11.8 Å². The highest BCUT2D eigenvalue weighted by atomic mass is 32.2. The van der Waals surface area contributed by atoms with Crippen molar-refractivity contribution in [3.63, 3.8) is 0 Å². The van der Waals surface area contributed by atoms with Gasteiger partial charge in [0.15, 0.2) is 17.3 Å². The Bertz CT molecular complexity index is 1730. The van der Waals surface area contributed by atoms with Gasteiger partial charge >= 0.3 is 5.97 Å². The third-order valence-electron chi connectivity index (χ3n) is 5.86. The van der Waals surface area contributed by atoms with Crippen molar-refractivity contribution in [1.82, 2.24) is 14.9 Å². The zero-order valence-corrected chi connectivity index (χ0v) is 22.0. The van der Waals surface area contributed by atoms with Gasteiger partial charge < -0.3 is 24.6 Å². The Morgan fingerprint density at radius 3 is 2.59 bits per heavy atom. The molecule has 10 nitrogen and oxygen atoms in total. The number of nitrogens with zero attached hydrogens (tertiary/aromatic N) is 5. The van der Waals surface area contributed by atoms with Crippen LogP contribution in [0.25, 0.3) is 0 Å². The molecule has 2 N–H and O–H groups in total. The van der Waals surface area contributed by atoms with Gasteiger partial charge in [0.2, 0.25) is 11.6 Å². The number of aromatic nitrogens is 2. The van der Waals surface area contributed by atoms with Gasteiger partial charge in [-0.3, -0.25) is 4.99 Å². The number of aromatic carboxylic acids is 1. The molecule has 41 heavy (non-hydrogen) atoms. The van der Waals surface area contributed by atoms with Crippen molar-refractivity contribution in [3.8, 4) is 34.9 Å². The first kappa shape index (κ1) is 27.4. The van der Waals surface area contributed by atoms with Crippen LogP contribution in [-0.2, 0) is 0 Å². The smallest absolute Gasteiger partial charge is 0.337 e. The summed E-state index contributed by atoms with van der Waals surface area (Å²) in [7, 11) is 1.82. The van der Waals surface area contributed by atoms with Crippen LogP contribution in [0, 0.1) is 23.0 Å². The van der Waals surface area contributed by atoms with Gasteiger partial charge in [0.25, 0.3) is 5.88 Å². The van der Waals surface area contributed by atoms with Crippen LogP contribution in [0.5, 0.6) is 28.9 Å². The second kappa shape index (κ2) is 11.5. The monoisotopic (exact) mass is 575 g/mol. The molecule has 13 heteroatoms. The Morgan fingerprint density at radius 1 is 1.07 bits per heavy atom. The molecule has 1 aliphatic heterocycles. The van der Waals surface area contributed by atoms with Gasteiger partial charge in [-0.25, -0.2) is 19.2 Å². The molecule has 0 spiro atoms. The Hall–Kier alpha value is -5.22. The number of likely N-dealkylation sites (N-methyl/N-ethyl adjacent to an activating group) is 1. The third kappa shape index (κ3) is 5.87. The van der Waals surface area contributed by atoms with Crippen LogP contribution in [-0.4, -0.2) is 57.0 Å². The number of ether oxygens (including phenoxy) is 2. The highest BCUT2D eigenvalue weighted by Gasteiger charge is 2.25. The Kier molecular flexibility index (Phi) is 7.66. The van der Waals surface area contributed by atoms with Crippen molar-refractivity contribution in [3.05, 3.63) is 89.2 Å². The number of aliphatic imine (C=N–C) groups is 1. The zero-order chi connectivity index (χ0) is 29.1. The van der Waals surface area contributed by atoms with Crippen LogP contribution < -0.4 is 9.47 Å². The number of aromatic hydroxyl groups is 1. The van der Waals surface area contributed by atoms with E-state index >= 15 is 4.39 Å². The number of carbonyl (C=O) groups is 1. The fourth-order valence-electron chi connectivity index (χ4n) is 3.82. The first-order chi connectivity index (χ1) is 19.7. The molecule has 0 unspecified atom stereocenters. The third-order valence-corrected chi connectivity index (χ3v) is 6.80. The summed E-state index contributed by atoms with van der Waals surface area (Å²) in [6, 6.07) is 13.5. The molecule has 1 aliphatic rings. The number of pyridine rings is 2. The number of nitriles is 1. The van der Waals surface area contributed by atoms with Crippen molar-refractivity contribution in [2.24, 2.45) is 4.99 Å². The molecule has 4 aromatic rings. The molecular formula is C28H19F2N5O5S. The largest absolute Gasteiger partial charge is 0.504 e. The lowest BCUT2D eigenvalue weighted by Crippen LogP contribution is -2.24. The van der Waals surface area contributed by atoms with Gasteiger partial charge in [-0.15, -0.1) is 0 Å². The fraction of sp³-hybridized carbons (Fsp3) is 0.107. The topological polar surface area (TPSA) is 141 Å². The number of rotatable bonds is 8. The highest BCUT2D eigenvalue weighted by Crippen LogP contribution is 2.39. The van der Waals surface area contributed by atoms with E-state index in [0.717, 1.165) is 0 Å². The van der Waals surface area contributed by atoms with Crippen molar-refractivity contribution in [2.75, 3.05) is 20.1 Å². The van der Waals surface area contributed by atoms with E-state index in [1.54, 1.807) is 18.2 Å². The van der Waals surface area contributed by atoms with E-state index in [9.17, 15) is 14.3 Å². The van der Waals surface area contributed by atoms with E-state index in [0.29, 0.717) is 40.6 Å². The first-order valence-corrected chi connectivity index (χ1v) is 12.7. The maximum atomic E-state index is 15.5. The van der Waals surface area contributed by atoms with Crippen LogP contribution in [0.1, 0.15) is 21.5 Å². The molecule has 206 valence electrons. The van der Waals surface area contributed by atoms with Gasteiger partial charge in [0.05, 0.1) is 35.5 Å². The minimum Gasteiger partial charge on any atom is -0.504 e. The number of hydrogen-bond acceptors (Lipinski definition) is 10. The lowest BCUT2D eigenvalue weighted by molar-refractivity contribution is 0.0696. The molecule has 0 bridgehead atoms. The SMILES string of the molecule is CN1CCN=C1c1cc(Sc2ccc(C(=O)O)cn2)ccc1Oc1c(F)cnc(Oc2cc(C#N)ccc2O)c1F. The van der Waals surface area contributed by atoms with E-state index in [1.807, 2.05) is 18.0 Å². The predicted molar refractivity (Wildman–Crippen MR) is 143 cm³/mol.